The zero-order valence-corrected chi connectivity index (χ0v) is 13.2. The number of hydrogen-bond acceptors (Lipinski definition) is 4. The van der Waals surface area contributed by atoms with Crippen molar-refractivity contribution in [1.29, 1.82) is 0 Å². The summed E-state index contributed by atoms with van der Waals surface area (Å²) in [6, 6.07) is 9.10. The van der Waals surface area contributed by atoms with Crippen LogP contribution in [0.5, 0.6) is 11.5 Å². The molecule has 2 amide bonds. The number of furan rings is 1. The molecule has 0 saturated heterocycles. The molecule has 1 aromatic heterocycles. The lowest BCUT2D eigenvalue weighted by Crippen LogP contribution is -2.47. The van der Waals surface area contributed by atoms with E-state index in [2.05, 4.69) is 10.6 Å². The quantitative estimate of drug-likeness (QED) is 0.908. The summed E-state index contributed by atoms with van der Waals surface area (Å²) in [6.07, 6.45) is 0.708. The monoisotopic (exact) mass is 316 g/mol. The van der Waals surface area contributed by atoms with Crippen LogP contribution in [0.25, 0.3) is 0 Å². The van der Waals surface area contributed by atoms with Gasteiger partial charge >= 0.3 is 6.03 Å². The van der Waals surface area contributed by atoms with Crippen molar-refractivity contribution in [2.45, 2.75) is 25.9 Å². The van der Waals surface area contributed by atoms with Crippen LogP contribution in [0, 0.1) is 6.92 Å². The minimum absolute atomic E-state index is 0.0760. The summed E-state index contributed by atoms with van der Waals surface area (Å²) in [5.41, 5.74) is 1.03. The van der Waals surface area contributed by atoms with Crippen LogP contribution in [0.4, 0.5) is 4.79 Å². The average molecular weight is 316 g/mol. The van der Waals surface area contributed by atoms with E-state index >= 15 is 0 Å². The number of urea groups is 1. The zero-order chi connectivity index (χ0) is 16.2. The number of hydrogen-bond donors (Lipinski definition) is 2. The number of fused-ring (bicyclic) bond motifs is 1. The second-order valence-electron chi connectivity index (χ2n) is 5.53. The molecule has 2 heterocycles. The maximum Gasteiger partial charge on any atom is 0.315 e. The minimum Gasteiger partial charge on any atom is -0.497 e. The van der Waals surface area contributed by atoms with Crippen LogP contribution < -0.4 is 20.1 Å². The van der Waals surface area contributed by atoms with Gasteiger partial charge in [-0.3, -0.25) is 0 Å². The molecule has 2 N–H and O–H groups in total. The Morgan fingerprint density at radius 2 is 2.22 bits per heavy atom. The Kier molecular flexibility index (Phi) is 4.41. The molecule has 1 atom stereocenters. The molecule has 0 bridgehead atoms. The van der Waals surface area contributed by atoms with Crippen LogP contribution in [-0.2, 0) is 13.0 Å². The molecule has 0 spiro atoms. The number of carbonyl (C=O) groups is 1. The molecule has 6 heteroatoms. The molecule has 2 aromatic rings. The summed E-state index contributed by atoms with van der Waals surface area (Å²) in [6.45, 7) is 2.68. The summed E-state index contributed by atoms with van der Waals surface area (Å²) in [5.74, 6) is 3.18. The molecule has 0 saturated carbocycles. The summed E-state index contributed by atoms with van der Waals surface area (Å²) < 4.78 is 16.3. The summed E-state index contributed by atoms with van der Waals surface area (Å²) >= 11 is 0. The summed E-state index contributed by atoms with van der Waals surface area (Å²) in [7, 11) is 1.63. The first kappa shape index (κ1) is 15.3. The third kappa shape index (κ3) is 3.77. The molecule has 122 valence electrons. The lowest BCUT2D eigenvalue weighted by Gasteiger charge is -2.26. The van der Waals surface area contributed by atoms with Gasteiger partial charge in [-0.2, -0.15) is 0 Å². The van der Waals surface area contributed by atoms with Crippen molar-refractivity contribution in [2.75, 3.05) is 13.7 Å². The SMILES string of the molecule is COc1ccc2c(c1)C[C@@H](NC(=O)NCc1ccc(C)o1)CO2. The first-order valence-corrected chi connectivity index (χ1v) is 7.53. The Morgan fingerprint density at radius 3 is 2.96 bits per heavy atom. The Morgan fingerprint density at radius 1 is 1.35 bits per heavy atom. The van der Waals surface area contributed by atoms with E-state index in [1.54, 1.807) is 7.11 Å². The van der Waals surface area contributed by atoms with E-state index in [4.69, 9.17) is 13.9 Å². The number of benzene rings is 1. The van der Waals surface area contributed by atoms with Crippen LogP contribution >= 0.6 is 0 Å². The van der Waals surface area contributed by atoms with E-state index in [1.807, 2.05) is 37.3 Å². The molecule has 23 heavy (non-hydrogen) atoms. The van der Waals surface area contributed by atoms with Gasteiger partial charge in [-0.1, -0.05) is 0 Å². The predicted octanol–water partition coefficient (Wildman–Crippen LogP) is 2.40. The van der Waals surface area contributed by atoms with E-state index in [-0.39, 0.29) is 12.1 Å². The van der Waals surface area contributed by atoms with E-state index in [0.717, 1.165) is 28.6 Å². The van der Waals surface area contributed by atoms with Crippen molar-refractivity contribution in [3.63, 3.8) is 0 Å². The van der Waals surface area contributed by atoms with Crippen molar-refractivity contribution >= 4 is 6.03 Å². The van der Waals surface area contributed by atoms with Crippen LogP contribution in [0.3, 0.4) is 0 Å². The van der Waals surface area contributed by atoms with Gasteiger partial charge in [0.15, 0.2) is 0 Å². The van der Waals surface area contributed by atoms with Crippen LogP contribution in [-0.4, -0.2) is 25.8 Å². The van der Waals surface area contributed by atoms with Gasteiger partial charge in [-0.25, -0.2) is 4.79 Å². The largest absolute Gasteiger partial charge is 0.497 e. The van der Waals surface area contributed by atoms with Gasteiger partial charge in [0.25, 0.3) is 0 Å². The van der Waals surface area contributed by atoms with Crippen molar-refractivity contribution < 1.29 is 18.7 Å². The highest BCUT2D eigenvalue weighted by Crippen LogP contribution is 2.28. The average Bonchev–Trinajstić information content (AvgIpc) is 2.97. The van der Waals surface area contributed by atoms with Crippen LogP contribution in [0.1, 0.15) is 17.1 Å². The van der Waals surface area contributed by atoms with Crippen molar-refractivity contribution in [3.8, 4) is 11.5 Å². The van der Waals surface area contributed by atoms with E-state index < -0.39 is 0 Å². The number of amides is 2. The highest BCUT2D eigenvalue weighted by Gasteiger charge is 2.21. The molecular formula is C17H20N2O4. The summed E-state index contributed by atoms with van der Waals surface area (Å²) in [4.78, 5) is 12.0. The fraction of sp³-hybridized carbons (Fsp3) is 0.353. The van der Waals surface area contributed by atoms with Crippen LogP contribution in [0.15, 0.2) is 34.7 Å². The standard InChI is InChI=1S/C17H20N2O4/c1-11-3-4-15(23-11)9-18-17(20)19-13-7-12-8-14(21-2)5-6-16(12)22-10-13/h3-6,8,13H,7,9-10H2,1-2H3,(H2,18,19,20)/t13-/m1/s1. The van der Waals surface area contributed by atoms with Gasteiger partial charge in [0, 0.05) is 0 Å². The summed E-state index contributed by atoms with van der Waals surface area (Å²) in [5, 5.41) is 5.70. The number of rotatable bonds is 4. The van der Waals surface area contributed by atoms with Crippen molar-refractivity contribution in [2.24, 2.45) is 0 Å². The van der Waals surface area contributed by atoms with Gasteiger partial charge in [0.1, 0.15) is 29.6 Å². The van der Waals surface area contributed by atoms with Gasteiger partial charge in [0.05, 0.1) is 19.7 Å². The maximum atomic E-state index is 12.0. The fourth-order valence-corrected chi connectivity index (χ4v) is 2.57. The molecule has 0 aliphatic carbocycles. The van der Waals surface area contributed by atoms with E-state index in [0.29, 0.717) is 19.6 Å². The molecule has 6 nitrogen and oxygen atoms in total. The Bertz CT molecular complexity index is 696. The Balaban J connectivity index is 1.53. The Labute approximate surface area is 134 Å². The normalized spacial score (nSPS) is 16.2. The smallest absolute Gasteiger partial charge is 0.315 e. The maximum absolute atomic E-state index is 12.0. The first-order chi connectivity index (χ1) is 11.1. The van der Waals surface area contributed by atoms with Crippen LogP contribution in [0.2, 0.25) is 0 Å². The topological polar surface area (TPSA) is 72.7 Å². The molecular weight excluding hydrogens is 296 g/mol. The predicted molar refractivity (Wildman–Crippen MR) is 84.8 cm³/mol. The van der Waals surface area contributed by atoms with Gasteiger partial charge in [-0.15, -0.1) is 0 Å². The zero-order valence-electron chi connectivity index (χ0n) is 13.2. The lowest BCUT2D eigenvalue weighted by molar-refractivity contribution is 0.213. The Hall–Kier alpha value is -2.63. The molecule has 0 fully saturated rings. The number of nitrogens with one attached hydrogen (secondary N) is 2. The molecule has 0 radical (unpaired) electrons. The second-order valence-corrected chi connectivity index (χ2v) is 5.53. The first-order valence-electron chi connectivity index (χ1n) is 7.53. The lowest BCUT2D eigenvalue weighted by atomic mass is 10.0. The van der Waals surface area contributed by atoms with Gasteiger partial charge < -0.3 is 24.5 Å². The van der Waals surface area contributed by atoms with Gasteiger partial charge in [0.2, 0.25) is 0 Å². The second kappa shape index (κ2) is 6.64. The van der Waals surface area contributed by atoms with Crippen molar-refractivity contribution in [3.05, 3.63) is 47.4 Å². The van der Waals surface area contributed by atoms with Crippen molar-refractivity contribution in [1.82, 2.24) is 10.6 Å². The molecule has 3 rings (SSSR count). The number of methoxy groups -OCH3 is 1. The van der Waals surface area contributed by atoms with E-state index in [9.17, 15) is 4.79 Å². The third-order valence-corrected chi connectivity index (χ3v) is 3.73. The molecule has 1 aliphatic heterocycles. The highest BCUT2D eigenvalue weighted by atomic mass is 16.5. The minimum atomic E-state index is -0.237. The number of ether oxygens (including phenoxy) is 2. The number of aryl methyl sites for hydroxylation is 1. The van der Waals surface area contributed by atoms with Gasteiger partial charge in [-0.05, 0) is 49.2 Å². The highest BCUT2D eigenvalue weighted by molar-refractivity contribution is 5.74. The molecule has 1 aromatic carbocycles. The molecule has 0 unspecified atom stereocenters. The number of carbonyl (C=O) groups excluding carboxylic acids is 1. The molecule has 1 aliphatic rings. The third-order valence-electron chi connectivity index (χ3n) is 3.73. The van der Waals surface area contributed by atoms with E-state index in [1.165, 1.54) is 0 Å². The fourth-order valence-electron chi connectivity index (χ4n) is 2.57.